The van der Waals surface area contributed by atoms with Gasteiger partial charge in [0.05, 0.1) is 6.61 Å². The highest BCUT2D eigenvalue weighted by Crippen LogP contribution is 2.30. The Morgan fingerprint density at radius 2 is 1.63 bits per heavy atom. The zero-order valence-corrected chi connectivity index (χ0v) is 11.8. The van der Waals surface area contributed by atoms with Crippen LogP contribution in [-0.4, -0.2) is 16.0 Å². The number of rotatable bonds is 2. The van der Waals surface area contributed by atoms with E-state index in [1.807, 2.05) is 0 Å². The van der Waals surface area contributed by atoms with Crippen LogP contribution in [0.1, 0.15) is 61.6 Å². The van der Waals surface area contributed by atoms with E-state index in [0.717, 1.165) is 24.7 Å². The maximum absolute atomic E-state index is 9.24. The molecule has 1 fully saturated rings. The van der Waals surface area contributed by atoms with Crippen LogP contribution in [-0.2, 0) is 19.7 Å². The molecule has 1 aromatic carbocycles. The predicted molar refractivity (Wildman–Crippen MR) is 77.7 cm³/mol. The highest BCUT2D eigenvalue weighted by atomic mass is 16.3. The summed E-state index contributed by atoms with van der Waals surface area (Å²) in [7, 11) is 0. The minimum atomic E-state index is 0.163. The average molecular weight is 259 g/mol. The van der Waals surface area contributed by atoms with Crippen LogP contribution < -0.4 is 0 Å². The molecule has 2 nitrogen and oxygen atoms in total. The van der Waals surface area contributed by atoms with Gasteiger partial charge in [0.15, 0.2) is 0 Å². The van der Waals surface area contributed by atoms with Crippen molar-refractivity contribution in [2.45, 2.75) is 70.7 Å². The molecule has 19 heavy (non-hydrogen) atoms. The molecule has 0 unspecified atom stereocenters. The third-order valence-corrected chi connectivity index (χ3v) is 4.79. The van der Waals surface area contributed by atoms with E-state index in [1.54, 1.807) is 0 Å². The maximum Gasteiger partial charge on any atom is 0.0681 e. The molecule has 0 radical (unpaired) electrons. The number of hydrogen-bond donors (Lipinski definition) is 1. The van der Waals surface area contributed by atoms with E-state index in [2.05, 4.69) is 23.1 Å². The summed E-state index contributed by atoms with van der Waals surface area (Å²) in [5.41, 5.74) is 3.96. The Balaban J connectivity index is 1.68. The van der Waals surface area contributed by atoms with Crippen molar-refractivity contribution in [3.63, 3.8) is 0 Å². The molecule has 1 aromatic rings. The van der Waals surface area contributed by atoms with Gasteiger partial charge >= 0.3 is 0 Å². The zero-order chi connectivity index (χ0) is 13.1. The first-order valence-electron chi connectivity index (χ1n) is 7.82. The number of aliphatic hydroxyl groups is 1. The topological polar surface area (TPSA) is 23.5 Å². The van der Waals surface area contributed by atoms with Crippen molar-refractivity contribution in [3.8, 4) is 0 Å². The van der Waals surface area contributed by atoms with Crippen molar-refractivity contribution in [1.82, 2.24) is 4.90 Å². The molecule has 0 aromatic heterocycles. The Labute approximate surface area is 116 Å². The summed E-state index contributed by atoms with van der Waals surface area (Å²) in [6, 6.07) is 7.26. The standard InChI is InChI=1S/C17H25NO/c19-13-14-8-9-15-11-18(12-16(15)10-14)17-6-4-2-1-3-5-7-17/h8-10,17,19H,1-7,11-13H2. The molecule has 1 heterocycles. The van der Waals surface area contributed by atoms with Crippen molar-refractivity contribution >= 4 is 0 Å². The Hall–Kier alpha value is -0.860. The largest absolute Gasteiger partial charge is 0.392 e. The van der Waals surface area contributed by atoms with E-state index in [9.17, 15) is 5.11 Å². The van der Waals surface area contributed by atoms with Gasteiger partial charge in [-0.2, -0.15) is 0 Å². The van der Waals surface area contributed by atoms with Crippen LogP contribution >= 0.6 is 0 Å². The molecular formula is C17H25NO. The number of aliphatic hydroxyl groups excluding tert-OH is 1. The highest BCUT2D eigenvalue weighted by Gasteiger charge is 2.25. The first kappa shape index (κ1) is 13.1. The molecule has 0 bridgehead atoms. The summed E-state index contributed by atoms with van der Waals surface area (Å²) in [6.07, 6.45) is 9.84. The molecule has 1 aliphatic heterocycles. The van der Waals surface area contributed by atoms with Crippen LogP contribution in [0.3, 0.4) is 0 Å². The minimum absolute atomic E-state index is 0.163. The molecule has 1 aliphatic carbocycles. The lowest BCUT2D eigenvalue weighted by Gasteiger charge is -2.29. The third-order valence-electron chi connectivity index (χ3n) is 4.79. The Kier molecular flexibility index (Phi) is 4.19. The minimum Gasteiger partial charge on any atom is -0.392 e. The average Bonchev–Trinajstić information content (AvgIpc) is 2.80. The van der Waals surface area contributed by atoms with Gasteiger partial charge in [-0.15, -0.1) is 0 Å². The molecule has 0 saturated heterocycles. The van der Waals surface area contributed by atoms with E-state index in [-0.39, 0.29) is 6.61 Å². The molecule has 0 spiro atoms. The number of fused-ring (bicyclic) bond motifs is 1. The molecule has 2 aliphatic rings. The summed E-state index contributed by atoms with van der Waals surface area (Å²) in [4.78, 5) is 2.66. The van der Waals surface area contributed by atoms with Crippen molar-refractivity contribution in [2.75, 3.05) is 0 Å². The lowest BCUT2D eigenvalue weighted by molar-refractivity contribution is 0.166. The van der Waals surface area contributed by atoms with Gasteiger partial charge in [0.1, 0.15) is 0 Å². The summed E-state index contributed by atoms with van der Waals surface area (Å²) in [5.74, 6) is 0. The van der Waals surface area contributed by atoms with Crippen LogP contribution in [0.5, 0.6) is 0 Å². The van der Waals surface area contributed by atoms with E-state index in [4.69, 9.17) is 0 Å². The smallest absolute Gasteiger partial charge is 0.0681 e. The third kappa shape index (κ3) is 3.01. The van der Waals surface area contributed by atoms with Gasteiger partial charge in [-0.05, 0) is 29.5 Å². The second-order valence-electron chi connectivity index (χ2n) is 6.17. The normalized spacial score (nSPS) is 21.9. The molecule has 3 rings (SSSR count). The quantitative estimate of drug-likeness (QED) is 0.877. The van der Waals surface area contributed by atoms with Gasteiger partial charge in [0, 0.05) is 19.1 Å². The lowest BCUT2D eigenvalue weighted by atomic mass is 9.96. The van der Waals surface area contributed by atoms with Crippen LogP contribution in [0.2, 0.25) is 0 Å². The monoisotopic (exact) mass is 259 g/mol. The van der Waals surface area contributed by atoms with Crippen LogP contribution in [0.25, 0.3) is 0 Å². The van der Waals surface area contributed by atoms with Gasteiger partial charge in [-0.1, -0.05) is 50.3 Å². The second kappa shape index (κ2) is 6.06. The summed E-state index contributed by atoms with van der Waals surface area (Å²) >= 11 is 0. The van der Waals surface area contributed by atoms with E-state index >= 15 is 0 Å². The van der Waals surface area contributed by atoms with Gasteiger partial charge in [-0.3, -0.25) is 4.90 Å². The van der Waals surface area contributed by atoms with Gasteiger partial charge in [0.2, 0.25) is 0 Å². The molecule has 0 atom stereocenters. The van der Waals surface area contributed by atoms with Crippen molar-refractivity contribution in [1.29, 1.82) is 0 Å². The Morgan fingerprint density at radius 3 is 2.37 bits per heavy atom. The zero-order valence-electron chi connectivity index (χ0n) is 11.8. The molecular weight excluding hydrogens is 234 g/mol. The second-order valence-corrected chi connectivity index (χ2v) is 6.17. The van der Waals surface area contributed by atoms with Gasteiger partial charge in [-0.25, -0.2) is 0 Å². The highest BCUT2D eigenvalue weighted by molar-refractivity contribution is 5.34. The molecule has 1 saturated carbocycles. The summed E-state index contributed by atoms with van der Waals surface area (Å²) in [6.45, 7) is 2.37. The number of benzene rings is 1. The maximum atomic E-state index is 9.24. The van der Waals surface area contributed by atoms with Crippen LogP contribution in [0.15, 0.2) is 18.2 Å². The summed E-state index contributed by atoms with van der Waals surface area (Å²) in [5, 5.41) is 9.24. The van der Waals surface area contributed by atoms with Crippen LogP contribution in [0.4, 0.5) is 0 Å². The van der Waals surface area contributed by atoms with E-state index < -0.39 is 0 Å². The van der Waals surface area contributed by atoms with E-state index in [1.165, 1.54) is 56.1 Å². The van der Waals surface area contributed by atoms with Crippen LogP contribution in [0, 0.1) is 0 Å². The summed E-state index contributed by atoms with van der Waals surface area (Å²) < 4.78 is 0. The molecule has 2 heteroatoms. The Bertz CT molecular complexity index is 421. The van der Waals surface area contributed by atoms with Crippen molar-refractivity contribution in [3.05, 3.63) is 34.9 Å². The molecule has 104 valence electrons. The van der Waals surface area contributed by atoms with Gasteiger partial charge < -0.3 is 5.11 Å². The van der Waals surface area contributed by atoms with Crippen molar-refractivity contribution < 1.29 is 5.11 Å². The number of nitrogens with zero attached hydrogens (tertiary/aromatic N) is 1. The first-order valence-corrected chi connectivity index (χ1v) is 7.82. The van der Waals surface area contributed by atoms with Gasteiger partial charge in [0.25, 0.3) is 0 Å². The fraction of sp³-hybridized carbons (Fsp3) is 0.647. The first-order chi connectivity index (χ1) is 9.36. The fourth-order valence-corrected chi connectivity index (χ4v) is 3.63. The van der Waals surface area contributed by atoms with Crippen molar-refractivity contribution in [2.24, 2.45) is 0 Å². The number of hydrogen-bond acceptors (Lipinski definition) is 2. The predicted octanol–water partition coefficient (Wildman–Crippen LogP) is 3.61. The molecule has 1 N–H and O–H groups in total. The fourth-order valence-electron chi connectivity index (χ4n) is 3.63. The molecule has 0 amide bonds. The Morgan fingerprint density at radius 1 is 0.947 bits per heavy atom. The van der Waals surface area contributed by atoms with E-state index in [0.29, 0.717) is 0 Å². The lowest BCUT2D eigenvalue weighted by Crippen LogP contribution is -2.31. The SMILES string of the molecule is OCc1ccc2c(c1)CN(C1CCCCCCC1)C2.